The number of hydrogen-bond acceptors (Lipinski definition) is 1. The first-order valence-electron chi connectivity index (χ1n) is 5.55. The predicted molar refractivity (Wildman–Crippen MR) is 60.4 cm³/mol. The Morgan fingerprint density at radius 2 is 1.93 bits per heavy atom. The van der Waals surface area contributed by atoms with E-state index in [-0.39, 0.29) is 0 Å². The van der Waals surface area contributed by atoms with Crippen LogP contribution in [0.2, 0.25) is 0 Å². The zero-order valence-electron chi connectivity index (χ0n) is 9.03. The van der Waals surface area contributed by atoms with Crippen LogP contribution in [0.5, 0.6) is 0 Å². The van der Waals surface area contributed by atoms with E-state index < -0.39 is 0 Å². The van der Waals surface area contributed by atoms with Gasteiger partial charge in [0.25, 0.3) is 0 Å². The Labute approximate surface area is 86.5 Å². The highest BCUT2D eigenvalue weighted by Gasteiger charge is 2.26. The summed E-state index contributed by atoms with van der Waals surface area (Å²) in [5.41, 5.74) is 1.49. The zero-order chi connectivity index (χ0) is 9.97. The van der Waals surface area contributed by atoms with E-state index in [1.54, 1.807) is 0 Å². The van der Waals surface area contributed by atoms with Crippen LogP contribution in [0.15, 0.2) is 30.3 Å². The standard InChI is InChI=1S/C13H19N/c1-10(2)13-8-12(9-14-13)11-6-4-3-5-7-11/h3-7,10,12-14H,8-9H2,1-2H3. The highest BCUT2D eigenvalue weighted by atomic mass is 15.0. The number of hydrogen-bond donors (Lipinski definition) is 1. The van der Waals surface area contributed by atoms with E-state index in [4.69, 9.17) is 0 Å². The lowest BCUT2D eigenvalue weighted by Gasteiger charge is -2.14. The Morgan fingerprint density at radius 1 is 1.21 bits per heavy atom. The molecule has 0 amide bonds. The van der Waals surface area contributed by atoms with Gasteiger partial charge in [0.2, 0.25) is 0 Å². The molecule has 2 unspecified atom stereocenters. The lowest BCUT2D eigenvalue weighted by Crippen LogP contribution is -2.26. The second-order valence-corrected chi connectivity index (χ2v) is 4.60. The molecule has 1 aliphatic heterocycles. The summed E-state index contributed by atoms with van der Waals surface area (Å²) >= 11 is 0. The first-order chi connectivity index (χ1) is 6.77. The van der Waals surface area contributed by atoms with Crippen molar-refractivity contribution in [2.75, 3.05) is 6.54 Å². The molecular formula is C13H19N. The summed E-state index contributed by atoms with van der Waals surface area (Å²) in [5.74, 6) is 1.48. The largest absolute Gasteiger partial charge is 0.313 e. The third kappa shape index (κ3) is 1.98. The van der Waals surface area contributed by atoms with E-state index in [2.05, 4.69) is 49.5 Å². The van der Waals surface area contributed by atoms with Crippen molar-refractivity contribution in [3.05, 3.63) is 35.9 Å². The van der Waals surface area contributed by atoms with E-state index in [1.165, 1.54) is 12.0 Å². The first-order valence-corrected chi connectivity index (χ1v) is 5.55. The smallest absolute Gasteiger partial charge is 0.00966 e. The molecule has 1 N–H and O–H groups in total. The summed E-state index contributed by atoms with van der Waals surface area (Å²) in [6.45, 7) is 5.74. The van der Waals surface area contributed by atoms with Crippen LogP contribution in [0.4, 0.5) is 0 Å². The van der Waals surface area contributed by atoms with Gasteiger partial charge in [-0.15, -0.1) is 0 Å². The van der Waals surface area contributed by atoms with Gasteiger partial charge in [-0.05, 0) is 23.8 Å². The fourth-order valence-electron chi connectivity index (χ4n) is 2.25. The molecule has 1 aliphatic rings. The van der Waals surface area contributed by atoms with Crippen molar-refractivity contribution in [2.45, 2.75) is 32.2 Å². The molecule has 14 heavy (non-hydrogen) atoms. The molecule has 2 rings (SSSR count). The van der Waals surface area contributed by atoms with Gasteiger partial charge >= 0.3 is 0 Å². The van der Waals surface area contributed by atoms with Crippen LogP contribution in [0, 0.1) is 5.92 Å². The first kappa shape index (κ1) is 9.72. The molecule has 0 spiro atoms. The third-order valence-corrected chi connectivity index (χ3v) is 3.24. The fourth-order valence-corrected chi connectivity index (χ4v) is 2.25. The van der Waals surface area contributed by atoms with Crippen molar-refractivity contribution in [2.24, 2.45) is 5.92 Å². The minimum absolute atomic E-state index is 0.709. The van der Waals surface area contributed by atoms with Gasteiger partial charge in [-0.3, -0.25) is 0 Å². The van der Waals surface area contributed by atoms with Gasteiger partial charge in [0.15, 0.2) is 0 Å². The molecule has 0 saturated carbocycles. The zero-order valence-corrected chi connectivity index (χ0v) is 9.03. The van der Waals surface area contributed by atoms with Crippen molar-refractivity contribution in [3.8, 4) is 0 Å². The summed E-state index contributed by atoms with van der Waals surface area (Å²) < 4.78 is 0. The minimum atomic E-state index is 0.709. The maximum atomic E-state index is 3.60. The van der Waals surface area contributed by atoms with E-state index in [0.29, 0.717) is 6.04 Å². The molecule has 1 aromatic carbocycles. The molecular weight excluding hydrogens is 170 g/mol. The monoisotopic (exact) mass is 189 g/mol. The average molecular weight is 189 g/mol. The molecule has 1 aromatic rings. The van der Waals surface area contributed by atoms with E-state index in [1.807, 2.05) is 0 Å². The highest BCUT2D eigenvalue weighted by molar-refractivity contribution is 5.21. The summed E-state index contributed by atoms with van der Waals surface area (Å²) in [4.78, 5) is 0. The second-order valence-electron chi connectivity index (χ2n) is 4.60. The van der Waals surface area contributed by atoms with Gasteiger partial charge in [0.05, 0.1) is 0 Å². The molecule has 1 fully saturated rings. The number of nitrogens with one attached hydrogen (secondary N) is 1. The van der Waals surface area contributed by atoms with E-state index >= 15 is 0 Å². The van der Waals surface area contributed by atoms with Gasteiger partial charge in [-0.2, -0.15) is 0 Å². The molecule has 0 aliphatic carbocycles. The van der Waals surface area contributed by atoms with Crippen molar-refractivity contribution >= 4 is 0 Å². The Bertz CT molecular complexity index is 279. The maximum Gasteiger partial charge on any atom is 0.00966 e. The predicted octanol–water partition coefficient (Wildman–Crippen LogP) is 2.79. The van der Waals surface area contributed by atoms with Crippen LogP contribution in [0.1, 0.15) is 31.7 Å². The normalized spacial score (nSPS) is 27.1. The van der Waals surface area contributed by atoms with Crippen molar-refractivity contribution < 1.29 is 0 Å². The quantitative estimate of drug-likeness (QED) is 0.754. The summed E-state index contributed by atoms with van der Waals surface area (Å²) in [7, 11) is 0. The maximum absolute atomic E-state index is 3.60. The second kappa shape index (κ2) is 4.14. The minimum Gasteiger partial charge on any atom is -0.313 e. The van der Waals surface area contributed by atoms with Gasteiger partial charge in [0, 0.05) is 12.6 Å². The molecule has 1 heterocycles. The van der Waals surface area contributed by atoms with Crippen LogP contribution >= 0.6 is 0 Å². The lowest BCUT2D eigenvalue weighted by molar-refractivity contribution is 0.449. The van der Waals surface area contributed by atoms with Crippen LogP contribution in [0.3, 0.4) is 0 Å². The SMILES string of the molecule is CC(C)C1CC(c2ccccc2)CN1. The number of benzene rings is 1. The molecule has 1 heteroatoms. The summed E-state index contributed by atoms with van der Waals surface area (Å²) in [5, 5.41) is 3.60. The molecule has 2 atom stereocenters. The summed E-state index contributed by atoms with van der Waals surface area (Å²) in [6, 6.07) is 11.6. The van der Waals surface area contributed by atoms with Crippen LogP contribution < -0.4 is 5.32 Å². The van der Waals surface area contributed by atoms with Crippen LogP contribution in [-0.4, -0.2) is 12.6 Å². The Morgan fingerprint density at radius 3 is 2.50 bits per heavy atom. The van der Waals surface area contributed by atoms with Crippen molar-refractivity contribution in [3.63, 3.8) is 0 Å². The van der Waals surface area contributed by atoms with Crippen LogP contribution in [-0.2, 0) is 0 Å². The fraction of sp³-hybridized carbons (Fsp3) is 0.538. The van der Waals surface area contributed by atoms with Gasteiger partial charge < -0.3 is 5.32 Å². The molecule has 0 aromatic heterocycles. The molecule has 76 valence electrons. The van der Waals surface area contributed by atoms with Gasteiger partial charge in [0.1, 0.15) is 0 Å². The third-order valence-electron chi connectivity index (χ3n) is 3.24. The molecule has 1 nitrogen and oxygen atoms in total. The summed E-state index contributed by atoms with van der Waals surface area (Å²) in [6.07, 6.45) is 1.29. The number of rotatable bonds is 2. The van der Waals surface area contributed by atoms with Crippen molar-refractivity contribution in [1.29, 1.82) is 0 Å². The topological polar surface area (TPSA) is 12.0 Å². The average Bonchev–Trinajstić information content (AvgIpc) is 2.68. The van der Waals surface area contributed by atoms with Gasteiger partial charge in [-0.25, -0.2) is 0 Å². The Kier molecular flexibility index (Phi) is 2.87. The van der Waals surface area contributed by atoms with E-state index in [0.717, 1.165) is 18.4 Å². The molecule has 0 radical (unpaired) electrons. The van der Waals surface area contributed by atoms with Crippen LogP contribution in [0.25, 0.3) is 0 Å². The Balaban J connectivity index is 2.03. The van der Waals surface area contributed by atoms with E-state index in [9.17, 15) is 0 Å². The Hall–Kier alpha value is -0.820. The highest BCUT2D eigenvalue weighted by Crippen LogP contribution is 2.28. The molecule has 1 saturated heterocycles. The lowest BCUT2D eigenvalue weighted by atomic mass is 9.93. The van der Waals surface area contributed by atoms with Gasteiger partial charge in [-0.1, -0.05) is 44.2 Å². The van der Waals surface area contributed by atoms with Crippen molar-refractivity contribution in [1.82, 2.24) is 5.32 Å². The molecule has 0 bridgehead atoms.